The quantitative estimate of drug-likeness (QED) is 0.543. The minimum absolute atomic E-state index is 0.262. The number of hydrogen-bond donors (Lipinski definition) is 3. The first-order valence-electron chi connectivity index (χ1n) is 8.46. The van der Waals surface area contributed by atoms with E-state index in [0.717, 1.165) is 16.1 Å². The van der Waals surface area contributed by atoms with Crippen molar-refractivity contribution in [2.75, 3.05) is 18.1 Å². The minimum Gasteiger partial charge on any atom is -0.337 e. The van der Waals surface area contributed by atoms with E-state index in [4.69, 9.17) is 0 Å². The van der Waals surface area contributed by atoms with Gasteiger partial charge in [0.1, 0.15) is 11.6 Å². The van der Waals surface area contributed by atoms with Gasteiger partial charge in [-0.15, -0.1) is 11.8 Å². The summed E-state index contributed by atoms with van der Waals surface area (Å²) in [5, 5.41) is 12.6. The lowest BCUT2D eigenvalue weighted by atomic mass is 10.1. The van der Waals surface area contributed by atoms with Crippen LogP contribution in [0.1, 0.15) is 17.2 Å². The standard InChI is InChI=1S/C19H20FN5OS/c1-27-16-4-2-3-15(12-16)22-19(26)21-10-9-17-23-18(25-24-17)11-13-5-7-14(20)8-6-13/h2-8,12H,9-11H2,1H3,(H2,21,22,26)(H,23,24,25). The molecule has 3 N–H and O–H groups in total. The zero-order valence-corrected chi connectivity index (χ0v) is 15.6. The third kappa shape index (κ3) is 5.82. The number of rotatable bonds is 7. The van der Waals surface area contributed by atoms with Crippen LogP contribution in [-0.4, -0.2) is 34.0 Å². The van der Waals surface area contributed by atoms with E-state index < -0.39 is 0 Å². The molecule has 1 aromatic heterocycles. The van der Waals surface area contributed by atoms with Crippen molar-refractivity contribution in [2.24, 2.45) is 0 Å². The molecule has 0 atom stereocenters. The molecule has 27 heavy (non-hydrogen) atoms. The molecule has 1 heterocycles. The van der Waals surface area contributed by atoms with Crippen molar-refractivity contribution < 1.29 is 9.18 Å². The average molecular weight is 385 g/mol. The third-order valence-corrected chi connectivity index (χ3v) is 4.55. The number of hydrogen-bond acceptors (Lipinski definition) is 4. The highest BCUT2D eigenvalue weighted by molar-refractivity contribution is 7.98. The molecule has 8 heteroatoms. The van der Waals surface area contributed by atoms with E-state index in [-0.39, 0.29) is 11.8 Å². The normalized spacial score (nSPS) is 10.6. The first kappa shape index (κ1) is 18.9. The van der Waals surface area contributed by atoms with Crippen LogP contribution in [0.25, 0.3) is 0 Å². The number of thioether (sulfide) groups is 1. The van der Waals surface area contributed by atoms with E-state index in [1.807, 2.05) is 30.5 Å². The molecule has 2 aromatic carbocycles. The van der Waals surface area contributed by atoms with E-state index in [9.17, 15) is 9.18 Å². The van der Waals surface area contributed by atoms with E-state index in [1.165, 1.54) is 12.1 Å². The molecule has 3 aromatic rings. The molecule has 0 saturated heterocycles. The van der Waals surface area contributed by atoms with Gasteiger partial charge in [0.2, 0.25) is 0 Å². The van der Waals surface area contributed by atoms with Crippen LogP contribution in [0.15, 0.2) is 53.4 Å². The fraction of sp³-hybridized carbons (Fsp3) is 0.211. The molecule has 140 valence electrons. The van der Waals surface area contributed by atoms with Gasteiger partial charge in [-0.25, -0.2) is 14.2 Å². The number of carbonyl (C=O) groups is 1. The lowest BCUT2D eigenvalue weighted by Crippen LogP contribution is -2.30. The monoisotopic (exact) mass is 385 g/mol. The molecule has 0 saturated carbocycles. The highest BCUT2D eigenvalue weighted by atomic mass is 32.2. The summed E-state index contributed by atoms with van der Waals surface area (Å²) in [4.78, 5) is 17.4. The molecule has 0 spiro atoms. The van der Waals surface area contributed by atoms with Crippen LogP contribution in [-0.2, 0) is 12.8 Å². The van der Waals surface area contributed by atoms with Gasteiger partial charge in [-0.3, -0.25) is 5.10 Å². The fourth-order valence-electron chi connectivity index (χ4n) is 2.49. The van der Waals surface area contributed by atoms with Gasteiger partial charge in [-0.1, -0.05) is 18.2 Å². The molecule has 0 fully saturated rings. The van der Waals surface area contributed by atoms with Crippen molar-refractivity contribution in [2.45, 2.75) is 17.7 Å². The van der Waals surface area contributed by atoms with Crippen LogP contribution in [0.5, 0.6) is 0 Å². The molecule has 0 unspecified atom stereocenters. The first-order chi connectivity index (χ1) is 13.1. The number of benzene rings is 2. The van der Waals surface area contributed by atoms with Gasteiger partial charge >= 0.3 is 6.03 Å². The molecule has 0 radical (unpaired) electrons. The van der Waals surface area contributed by atoms with E-state index >= 15 is 0 Å². The van der Waals surface area contributed by atoms with Crippen LogP contribution >= 0.6 is 11.8 Å². The maximum Gasteiger partial charge on any atom is 0.319 e. The Balaban J connectivity index is 1.44. The molecule has 6 nitrogen and oxygen atoms in total. The number of aromatic nitrogens is 3. The number of anilines is 1. The third-order valence-electron chi connectivity index (χ3n) is 3.82. The molecule has 0 aliphatic heterocycles. The summed E-state index contributed by atoms with van der Waals surface area (Å²) in [6.45, 7) is 0.419. The summed E-state index contributed by atoms with van der Waals surface area (Å²) in [5.74, 6) is 1.06. The fourth-order valence-corrected chi connectivity index (χ4v) is 2.94. The predicted molar refractivity (Wildman–Crippen MR) is 105 cm³/mol. The maximum atomic E-state index is 12.9. The van der Waals surface area contributed by atoms with Crippen molar-refractivity contribution in [3.05, 3.63) is 71.6 Å². The van der Waals surface area contributed by atoms with Crippen molar-refractivity contribution in [1.82, 2.24) is 20.5 Å². The lowest BCUT2D eigenvalue weighted by Gasteiger charge is -2.07. The Kier molecular flexibility index (Phi) is 6.43. The highest BCUT2D eigenvalue weighted by Gasteiger charge is 2.06. The number of nitrogens with one attached hydrogen (secondary N) is 3. The Morgan fingerprint density at radius 3 is 2.81 bits per heavy atom. The van der Waals surface area contributed by atoms with Gasteiger partial charge in [0.05, 0.1) is 0 Å². The van der Waals surface area contributed by atoms with Gasteiger partial charge in [0, 0.05) is 30.0 Å². The average Bonchev–Trinajstić information content (AvgIpc) is 3.11. The van der Waals surface area contributed by atoms with Crippen molar-refractivity contribution in [3.63, 3.8) is 0 Å². The van der Waals surface area contributed by atoms with Crippen molar-refractivity contribution >= 4 is 23.5 Å². The van der Waals surface area contributed by atoms with Crippen molar-refractivity contribution in [3.8, 4) is 0 Å². The molecule has 0 aliphatic carbocycles. The van der Waals surface area contributed by atoms with Gasteiger partial charge in [-0.2, -0.15) is 5.10 Å². The number of H-pyrrole nitrogens is 1. The number of carbonyl (C=O) groups excluding carboxylic acids is 1. The molecule has 3 rings (SSSR count). The van der Waals surface area contributed by atoms with Crippen molar-refractivity contribution in [1.29, 1.82) is 0 Å². The smallest absolute Gasteiger partial charge is 0.319 e. The summed E-state index contributed by atoms with van der Waals surface area (Å²) >= 11 is 1.62. The molecular formula is C19H20FN5OS. The van der Waals surface area contributed by atoms with Crippen LogP contribution < -0.4 is 10.6 Å². The predicted octanol–water partition coefficient (Wildman–Crippen LogP) is 3.62. The summed E-state index contributed by atoms with van der Waals surface area (Å²) < 4.78 is 12.9. The molecule has 2 amide bonds. The van der Waals surface area contributed by atoms with Crippen LogP contribution in [0.3, 0.4) is 0 Å². The Labute approximate surface area is 161 Å². The largest absolute Gasteiger partial charge is 0.337 e. The maximum absolute atomic E-state index is 12.9. The second kappa shape index (κ2) is 9.18. The Morgan fingerprint density at radius 2 is 2.04 bits per heavy atom. The second-order valence-electron chi connectivity index (χ2n) is 5.86. The second-order valence-corrected chi connectivity index (χ2v) is 6.74. The first-order valence-corrected chi connectivity index (χ1v) is 9.68. The Hall–Kier alpha value is -2.87. The Bertz CT molecular complexity index is 897. The Morgan fingerprint density at radius 1 is 1.22 bits per heavy atom. The van der Waals surface area contributed by atoms with Gasteiger partial charge in [0.25, 0.3) is 0 Å². The minimum atomic E-state index is -0.268. The number of halogens is 1. The van der Waals surface area contributed by atoms with E-state index in [0.29, 0.717) is 31.0 Å². The molecule has 0 aliphatic rings. The zero-order valence-electron chi connectivity index (χ0n) is 14.8. The number of urea groups is 1. The SMILES string of the molecule is CSc1cccc(NC(=O)NCCc2n[nH]c(Cc3ccc(F)cc3)n2)c1. The lowest BCUT2D eigenvalue weighted by molar-refractivity contribution is 0.252. The topological polar surface area (TPSA) is 82.7 Å². The van der Waals surface area contributed by atoms with Crippen LogP contribution in [0.4, 0.5) is 14.9 Å². The summed E-state index contributed by atoms with van der Waals surface area (Å²) in [6, 6.07) is 13.7. The number of nitrogens with zero attached hydrogens (tertiary/aromatic N) is 2. The highest BCUT2D eigenvalue weighted by Crippen LogP contribution is 2.18. The van der Waals surface area contributed by atoms with Crippen LogP contribution in [0, 0.1) is 5.82 Å². The summed E-state index contributed by atoms with van der Waals surface area (Å²) in [5.41, 5.74) is 1.70. The zero-order chi connectivity index (χ0) is 19.1. The van der Waals surface area contributed by atoms with Gasteiger partial charge in [-0.05, 0) is 42.2 Å². The van der Waals surface area contributed by atoms with Crippen LogP contribution in [0.2, 0.25) is 0 Å². The van der Waals surface area contributed by atoms with E-state index in [1.54, 1.807) is 23.9 Å². The summed E-state index contributed by atoms with van der Waals surface area (Å²) in [6.07, 6.45) is 3.05. The molecular weight excluding hydrogens is 365 g/mol. The van der Waals surface area contributed by atoms with Gasteiger partial charge < -0.3 is 10.6 Å². The number of amides is 2. The van der Waals surface area contributed by atoms with Gasteiger partial charge in [0.15, 0.2) is 5.82 Å². The summed E-state index contributed by atoms with van der Waals surface area (Å²) in [7, 11) is 0. The number of aromatic amines is 1. The molecule has 0 bridgehead atoms. The van der Waals surface area contributed by atoms with E-state index in [2.05, 4.69) is 25.8 Å².